The topological polar surface area (TPSA) is 44.1 Å². The van der Waals surface area contributed by atoms with E-state index < -0.39 is 0 Å². The first-order valence-electron chi connectivity index (χ1n) is 5.39. The van der Waals surface area contributed by atoms with Crippen LogP contribution in [0.1, 0.15) is 24.0 Å². The van der Waals surface area contributed by atoms with E-state index in [0.717, 1.165) is 12.0 Å². The quantitative estimate of drug-likeness (QED) is 0.752. The second kappa shape index (κ2) is 3.97. The number of rotatable bonds is 2. The fourth-order valence-electron chi connectivity index (χ4n) is 2.00. The summed E-state index contributed by atoms with van der Waals surface area (Å²) in [5, 5.41) is 8.78. The normalized spacial score (nSPS) is 18.9. The van der Waals surface area contributed by atoms with Gasteiger partial charge in [0, 0.05) is 7.05 Å². The van der Waals surface area contributed by atoms with E-state index in [9.17, 15) is 4.79 Å². The van der Waals surface area contributed by atoms with Crippen LogP contribution >= 0.6 is 0 Å². The number of fused-ring (bicyclic) bond motifs is 1. The van der Waals surface area contributed by atoms with Crippen LogP contribution in [0.5, 0.6) is 0 Å². The van der Waals surface area contributed by atoms with Crippen molar-refractivity contribution < 1.29 is 4.79 Å². The number of carbonyl (C=O) groups excluding carboxylic acids is 1. The van der Waals surface area contributed by atoms with Crippen molar-refractivity contribution in [1.29, 1.82) is 5.26 Å². The molecule has 0 aliphatic heterocycles. The lowest BCUT2D eigenvalue weighted by molar-refractivity contribution is -0.133. The van der Waals surface area contributed by atoms with E-state index in [4.69, 9.17) is 5.26 Å². The maximum atomic E-state index is 12.1. The second-order valence-corrected chi connectivity index (χ2v) is 4.21. The van der Waals surface area contributed by atoms with Crippen molar-refractivity contribution in [2.24, 2.45) is 0 Å². The molecule has 2 rings (SSSR count). The SMILES string of the molecule is CC(C#N)N(C)C(=O)C1Cc2ccccc21. The highest BCUT2D eigenvalue weighted by Gasteiger charge is 2.34. The number of benzene rings is 1. The van der Waals surface area contributed by atoms with E-state index >= 15 is 0 Å². The number of nitriles is 1. The Morgan fingerprint density at radius 1 is 1.56 bits per heavy atom. The lowest BCUT2D eigenvalue weighted by Crippen LogP contribution is -2.41. The van der Waals surface area contributed by atoms with Gasteiger partial charge in [-0.2, -0.15) is 5.26 Å². The van der Waals surface area contributed by atoms with E-state index in [1.54, 1.807) is 14.0 Å². The van der Waals surface area contributed by atoms with Crippen molar-refractivity contribution in [1.82, 2.24) is 4.90 Å². The van der Waals surface area contributed by atoms with Gasteiger partial charge in [-0.1, -0.05) is 24.3 Å². The number of carbonyl (C=O) groups is 1. The van der Waals surface area contributed by atoms with Gasteiger partial charge in [0.05, 0.1) is 12.0 Å². The molecule has 0 radical (unpaired) electrons. The van der Waals surface area contributed by atoms with Gasteiger partial charge in [-0.15, -0.1) is 0 Å². The van der Waals surface area contributed by atoms with Crippen LogP contribution in [0.25, 0.3) is 0 Å². The van der Waals surface area contributed by atoms with Crippen LogP contribution in [0, 0.1) is 11.3 Å². The van der Waals surface area contributed by atoms with Crippen molar-refractivity contribution >= 4 is 5.91 Å². The lowest BCUT2D eigenvalue weighted by Gasteiger charge is -2.33. The fourth-order valence-corrected chi connectivity index (χ4v) is 2.00. The number of likely N-dealkylation sites (N-methyl/N-ethyl adjacent to an activating group) is 1. The number of hydrogen-bond acceptors (Lipinski definition) is 2. The van der Waals surface area contributed by atoms with Gasteiger partial charge in [0.25, 0.3) is 0 Å². The van der Waals surface area contributed by atoms with Gasteiger partial charge >= 0.3 is 0 Å². The molecule has 1 aliphatic rings. The molecule has 0 bridgehead atoms. The first kappa shape index (κ1) is 10.7. The molecule has 3 nitrogen and oxygen atoms in total. The zero-order valence-corrected chi connectivity index (χ0v) is 9.47. The molecule has 0 spiro atoms. The van der Waals surface area contributed by atoms with Crippen LogP contribution in [-0.2, 0) is 11.2 Å². The molecular weight excluding hydrogens is 200 g/mol. The summed E-state index contributed by atoms with van der Waals surface area (Å²) in [5.41, 5.74) is 2.36. The summed E-state index contributed by atoms with van der Waals surface area (Å²) in [6, 6.07) is 9.70. The van der Waals surface area contributed by atoms with Gasteiger partial charge in [-0.25, -0.2) is 0 Å². The van der Waals surface area contributed by atoms with Crippen LogP contribution in [0.2, 0.25) is 0 Å². The summed E-state index contributed by atoms with van der Waals surface area (Å²) < 4.78 is 0. The molecule has 0 aromatic heterocycles. The zero-order chi connectivity index (χ0) is 11.7. The van der Waals surface area contributed by atoms with E-state index in [2.05, 4.69) is 6.07 Å². The Bertz CT molecular complexity index is 461. The standard InChI is InChI=1S/C13H14N2O/c1-9(8-14)15(2)13(16)12-7-10-5-3-4-6-11(10)12/h3-6,9,12H,7H2,1-2H3. The highest BCUT2D eigenvalue weighted by Crippen LogP contribution is 2.36. The monoisotopic (exact) mass is 214 g/mol. The third kappa shape index (κ3) is 1.57. The number of hydrogen-bond donors (Lipinski definition) is 0. The summed E-state index contributed by atoms with van der Waals surface area (Å²) in [6.45, 7) is 1.74. The predicted molar refractivity (Wildman–Crippen MR) is 60.7 cm³/mol. The summed E-state index contributed by atoms with van der Waals surface area (Å²) in [7, 11) is 1.69. The maximum Gasteiger partial charge on any atom is 0.231 e. The van der Waals surface area contributed by atoms with Gasteiger partial charge in [0.15, 0.2) is 0 Å². The van der Waals surface area contributed by atoms with Gasteiger partial charge in [-0.3, -0.25) is 4.79 Å². The minimum atomic E-state index is -0.361. The van der Waals surface area contributed by atoms with E-state index in [0.29, 0.717) is 0 Å². The molecule has 2 unspecified atom stereocenters. The highest BCUT2D eigenvalue weighted by molar-refractivity contribution is 5.87. The maximum absolute atomic E-state index is 12.1. The van der Waals surface area contributed by atoms with Gasteiger partial charge in [0.2, 0.25) is 5.91 Å². The first-order chi connectivity index (χ1) is 7.65. The third-order valence-electron chi connectivity index (χ3n) is 3.27. The van der Waals surface area contributed by atoms with E-state index in [1.807, 2.05) is 24.3 Å². The van der Waals surface area contributed by atoms with Crippen molar-refractivity contribution in [2.45, 2.75) is 25.3 Å². The molecule has 82 valence electrons. The molecule has 1 aromatic carbocycles. The lowest BCUT2D eigenvalue weighted by atomic mass is 9.77. The second-order valence-electron chi connectivity index (χ2n) is 4.21. The summed E-state index contributed by atoms with van der Waals surface area (Å²) >= 11 is 0. The zero-order valence-electron chi connectivity index (χ0n) is 9.47. The molecule has 2 atom stereocenters. The van der Waals surface area contributed by atoms with Crippen LogP contribution in [-0.4, -0.2) is 23.9 Å². The molecule has 16 heavy (non-hydrogen) atoms. The minimum Gasteiger partial charge on any atom is -0.329 e. The first-order valence-corrected chi connectivity index (χ1v) is 5.39. The van der Waals surface area contributed by atoms with Gasteiger partial charge in [-0.05, 0) is 24.5 Å². The minimum absolute atomic E-state index is 0.0444. The van der Waals surface area contributed by atoms with Crippen LogP contribution < -0.4 is 0 Å². The highest BCUT2D eigenvalue weighted by atomic mass is 16.2. The Morgan fingerprint density at radius 2 is 2.25 bits per heavy atom. The van der Waals surface area contributed by atoms with Crippen molar-refractivity contribution in [2.75, 3.05) is 7.05 Å². The van der Waals surface area contributed by atoms with Crippen molar-refractivity contribution in [3.05, 3.63) is 35.4 Å². The van der Waals surface area contributed by atoms with Gasteiger partial charge < -0.3 is 4.90 Å². The Labute approximate surface area is 95.3 Å². The van der Waals surface area contributed by atoms with Crippen LogP contribution in [0.3, 0.4) is 0 Å². The molecule has 1 aliphatic carbocycles. The van der Waals surface area contributed by atoms with Gasteiger partial charge in [0.1, 0.15) is 6.04 Å². The van der Waals surface area contributed by atoms with Crippen molar-refractivity contribution in [3.8, 4) is 6.07 Å². The summed E-state index contributed by atoms with van der Waals surface area (Å²) in [6.07, 6.45) is 0.803. The molecule has 1 amide bonds. The largest absolute Gasteiger partial charge is 0.329 e. The molecule has 0 N–H and O–H groups in total. The molecule has 0 heterocycles. The van der Waals surface area contributed by atoms with Crippen LogP contribution in [0.15, 0.2) is 24.3 Å². The molecule has 1 aromatic rings. The molecule has 3 heteroatoms. The molecule has 0 saturated heterocycles. The fraction of sp³-hybridized carbons (Fsp3) is 0.385. The average molecular weight is 214 g/mol. The molecular formula is C13H14N2O. The van der Waals surface area contributed by atoms with Crippen LogP contribution in [0.4, 0.5) is 0 Å². The molecule has 0 saturated carbocycles. The van der Waals surface area contributed by atoms with E-state index in [1.165, 1.54) is 10.5 Å². The summed E-state index contributed by atoms with van der Waals surface area (Å²) in [5.74, 6) is 0.00440. The number of amides is 1. The summed E-state index contributed by atoms with van der Waals surface area (Å²) in [4.78, 5) is 13.6. The Hall–Kier alpha value is -1.82. The Kier molecular flexibility index (Phi) is 2.66. The number of nitrogens with zero attached hydrogens (tertiary/aromatic N) is 2. The Morgan fingerprint density at radius 3 is 2.88 bits per heavy atom. The average Bonchev–Trinajstić information content (AvgIpc) is 2.28. The predicted octanol–water partition coefficient (Wildman–Crippen LogP) is 1.70. The van der Waals surface area contributed by atoms with E-state index in [-0.39, 0.29) is 17.9 Å². The molecule has 0 fully saturated rings. The third-order valence-corrected chi connectivity index (χ3v) is 3.27. The van der Waals surface area contributed by atoms with Crippen molar-refractivity contribution in [3.63, 3.8) is 0 Å². The smallest absolute Gasteiger partial charge is 0.231 e. The Balaban J connectivity index is 2.13.